The normalized spacial score (nSPS) is 18.9. The van der Waals surface area contributed by atoms with Crippen molar-refractivity contribution in [2.24, 2.45) is 5.92 Å². The first kappa shape index (κ1) is 13.3. The number of benzene rings is 1. The van der Waals surface area contributed by atoms with E-state index in [4.69, 9.17) is 9.72 Å². The molecule has 0 radical (unpaired) electrons. The first-order chi connectivity index (χ1) is 9.22. The molecule has 1 fully saturated rings. The monoisotopic (exact) mass is 337 g/mol. The fourth-order valence-corrected chi connectivity index (χ4v) is 3.90. The Balaban J connectivity index is 1.84. The minimum atomic E-state index is 0.654. The molecule has 4 heteroatoms. The van der Waals surface area contributed by atoms with Crippen LogP contribution >= 0.6 is 27.3 Å². The maximum Gasteiger partial charge on any atom is 0.0939 e. The lowest BCUT2D eigenvalue weighted by Crippen LogP contribution is -2.02. The molecule has 1 aromatic carbocycles. The second-order valence-electron chi connectivity index (χ2n) is 4.96. The van der Waals surface area contributed by atoms with Crippen LogP contribution in [0.5, 0.6) is 0 Å². The molecule has 1 atom stereocenters. The van der Waals surface area contributed by atoms with Gasteiger partial charge in [-0.05, 0) is 31.4 Å². The van der Waals surface area contributed by atoms with Crippen LogP contribution in [0.25, 0.3) is 11.3 Å². The van der Waals surface area contributed by atoms with Crippen molar-refractivity contribution in [2.75, 3.05) is 13.2 Å². The van der Waals surface area contributed by atoms with Gasteiger partial charge in [0.25, 0.3) is 0 Å². The van der Waals surface area contributed by atoms with E-state index in [1.165, 1.54) is 21.9 Å². The van der Waals surface area contributed by atoms with Gasteiger partial charge in [-0.2, -0.15) is 0 Å². The van der Waals surface area contributed by atoms with Crippen molar-refractivity contribution >= 4 is 27.3 Å². The first-order valence-electron chi connectivity index (χ1n) is 6.52. The van der Waals surface area contributed by atoms with E-state index in [2.05, 4.69) is 41.1 Å². The molecule has 2 nitrogen and oxygen atoms in total. The highest BCUT2D eigenvalue weighted by Crippen LogP contribution is 2.31. The second kappa shape index (κ2) is 5.73. The molecule has 1 aliphatic rings. The van der Waals surface area contributed by atoms with Crippen LogP contribution in [0.3, 0.4) is 0 Å². The average molecular weight is 338 g/mol. The van der Waals surface area contributed by atoms with Gasteiger partial charge in [-0.1, -0.05) is 28.1 Å². The van der Waals surface area contributed by atoms with Gasteiger partial charge in [0.2, 0.25) is 0 Å². The lowest BCUT2D eigenvalue weighted by Gasteiger charge is -2.03. The van der Waals surface area contributed by atoms with E-state index < -0.39 is 0 Å². The second-order valence-corrected chi connectivity index (χ2v) is 7.16. The van der Waals surface area contributed by atoms with Gasteiger partial charge in [0.05, 0.1) is 10.7 Å². The van der Waals surface area contributed by atoms with Crippen LogP contribution in [0.1, 0.15) is 16.3 Å². The van der Waals surface area contributed by atoms with Crippen LogP contribution in [0.2, 0.25) is 0 Å². The van der Waals surface area contributed by atoms with Crippen LogP contribution in [0.4, 0.5) is 0 Å². The summed E-state index contributed by atoms with van der Waals surface area (Å²) in [5.41, 5.74) is 2.32. The van der Waals surface area contributed by atoms with Gasteiger partial charge in [-0.3, -0.25) is 0 Å². The smallest absolute Gasteiger partial charge is 0.0939 e. The van der Waals surface area contributed by atoms with Gasteiger partial charge in [0.1, 0.15) is 0 Å². The van der Waals surface area contributed by atoms with Gasteiger partial charge < -0.3 is 4.74 Å². The molecule has 100 valence electrons. The predicted molar refractivity (Wildman–Crippen MR) is 82.6 cm³/mol. The number of nitrogens with zero attached hydrogens (tertiary/aromatic N) is 1. The number of hydrogen-bond donors (Lipinski definition) is 0. The number of halogens is 1. The molecule has 19 heavy (non-hydrogen) atoms. The van der Waals surface area contributed by atoms with Crippen LogP contribution in [-0.4, -0.2) is 18.2 Å². The zero-order valence-corrected chi connectivity index (χ0v) is 13.3. The maximum absolute atomic E-state index is 5.44. The van der Waals surface area contributed by atoms with Crippen molar-refractivity contribution in [3.05, 3.63) is 38.6 Å². The molecule has 0 spiro atoms. The highest BCUT2D eigenvalue weighted by Gasteiger charge is 2.19. The maximum atomic E-state index is 5.44. The van der Waals surface area contributed by atoms with Crippen molar-refractivity contribution in [1.82, 2.24) is 4.98 Å². The Morgan fingerprint density at radius 3 is 3.11 bits per heavy atom. The molecule has 1 saturated heterocycles. The molecule has 0 saturated carbocycles. The molecule has 0 bridgehead atoms. The van der Waals surface area contributed by atoms with E-state index in [1.54, 1.807) is 0 Å². The van der Waals surface area contributed by atoms with Gasteiger partial charge in [0.15, 0.2) is 0 Å². The SMILES string of the molecule is Cc1sc(CC2CCOC2)nc1-c1cccc(Br)c1. The zero-order valence-electron chi connectivity index (χ0n) is 10.9. The summed E-state index contributed by atoms with van der Waals surface area (Å²) in [6.07, 6.45) is 2.23. The van der Waals surface area contributed by atoms with Crippen LogP contribution < -0.4 is 0 Å². The summed E-state index contributed by atoms with van der Waals surface area (Å²) in [7, 11) is 0. The number of aromatic nitrogens is 1. The van der Waals surface area contributed by atoms with E-state index in [0.29, 0.717) is 5.92 Å². The Bertz CT molecular complexity index is 575. The van der Waals surface area contributed by atoms with E-state index >= 15 is 0 Å². The van der Waals surface area contributed by atoms with Crippen molar-refractivity contribution in [1.29, 1.82) is 0 Å². The minimum Gasteiger partial charge on any atom is -0.381 e. The van der Waals surface area contributed by atoms with Gasteiger partial charge >= 0.3 is 0 Å². The lowest BCUT2D eigenvalue weighted by atomic mass is 10.1. The quantitative estimate of drug-likeness (QED) is 0.824. The van der Waals surface area contributed by atoms with Gasteiger partial charge in [0, 0.05) is 34.5 Å². The summed E-state index contributed by atoms with van der Waals surface area (Å²) >= 11 is 5.34. The third-order valence-electron chi connectivity index (χ3n) is 3.43. The molecule has 1 aromatic heterocycles. The number of ether oxygens (including phenoxy) is 1. The first-order valence-corrected chi connectivity index (χ1v) is 8.13. The zero-order chi connectivity index (χ0) is 13.2. The van der Waals surface area contributed by atoms with E-state index in [9.17, 15) is 0 Å². The van der Waals surface area contributed by atoms with Crippen molar-refractivity contribution < 1.29 is 4.74 Å². The third kappa shape index (κ3) is 3.07. The number of aryl methyl sites for hydroxylation is 1. The highest BCUT2D eigenvalue weighted by molar-refractivity contribution is 9.10. The third-order valence-corrected chi connectivity index (χ3v) is 4.91. The molecule has 3 rings (SSSR count). The fraction of sp³-hybridized carbons (Fsp3) is 0.400. The van der Waals surface area contributed by atoms with Crippen molar-refractivity contribution in [2.45, 2.75) is 19.8 Å². The number of hydrogen-bond acceptors (Lipinski definition) is 3. The van der Waals surface area contributed by atoms with E-state index in [1.807, 2.05) is 17.4 Å². The molecule has 1 aliphatic heterocycles. The highest BCUT2D eigenvalue weighted by atomic mass is 79.9. The largest absolute Gasteiger partial charge is 0.381 e. The molecule has 2 aromatic rings. The molecule has 0 aliphatic carbocycles. The van der Waals surface area contributed by atoms with Crippen LogP contribution in [0.15, 0.2) is 28.7 Å². The Kier molecular flexibility index (Phi) is 4.01. The number of thiazole rings is 1. The summed E-state index contributed by atoms with van der Waals surface area (Å²) in [5, 5.41) is 1.24. The Morgan fingerprint density at radius 1 is 1.47 bits per heavy atom. The Hall–Kier alpha value is -0.710. The predicted octanol–water partition coefficient (Wildman–Crippen LogP) is 4.46. The van der Waals surface area contributed by atoms with Crippen molar-refractivity contribution in [3.8, 4) is 11.3 Å². The Morgan fingerprint density at radius 2 is 2.37 bits per heavy atom. The van der Waals surface area contributed by atoms with Gasteiger partial charge in [-0.15, -0.1) is 11.3 Å². The van der Waals surface area contributed by atoms with Crippen LogP contribution in [-0.2, 0) is 11.2 Å². The minimum absolute atomic E-state index is 0.654. The molecule has 1 unspecified atom stereocenters. The summed E-state index contributed by atoms with van der Waals surface area (Å²) in [6.45, 7) is 3.96. The number of rotatable bonds is 3. The molecule has 0 N–H and O–H groups in total. The standard InChI is InChI=1S/C15H16BrNOS/c1-10-15(12-3-2-4-13(16)8-12)17-14(19-10)7-11-5-6-18-9-11/h2-4,8,11H,5-7,9H2,1H3. The van der Waals surface area contributed by atoms with E-state index in [-0.39, 0.29) is 0 Å². The summed E-state index contributed by atoms with van der Waals surface area (Å²) < 4.78 is 6.54. The Labute approximate surface area is 126 Å². The van der Waals surface area contributed by atoms with Crippen LogP contribution in [0, 0.1) is 12.8 Å². The summed E-state index contributed by atoms with van der Waals surface area (Å²) in [4.78, 5) is 6.12. The summed E-state index contributed by atoms with van der Waals surface area (Å²) in [5.74, 6) is 0.654. The summed E-state index contributed by atoms with van der Waals surface area (Å²) in [6, 6.07) is 8.35. The fourth-order valence-electron chi connectivity index (χ4n) is 2.43. The van der Waals surface area contributed by atoms with Gasteiger partial charge in [-0.25, -0.2) is 4.98 Å². The topological polar surface area (TPSA) is 22.1 Å². The van der Waals surface area contributed by atoms with E-state index in [0.717, 1.165) is 29.8 Å². The lowest BCUT2D eigenvalue weighted by molar-refractivity contribution is 0.186. The molecular formula is C15H16BrNOS. The van der Waals surface area contributed by atoms with Crippen molar-refractivity contribution in [3.63, 3.8) is 0 Å². The molecule has 0 amide bonds. The average Bonchev–Trinajstić information content (AvgIpc) is 3.00. The molecule has 2 heterocycles. The molecular weight excluding hydrogens is 322 g/mol.